The second-order valence-corrected chi connectivity index (χ2v) is 7.81. The molecule has 0 unspecified atom stereocenters. The normalized spacial score (nSPS) is 15.3. The first-order valence-electron chi connectivity index (χ1n) is 10.5. The molecule has 29 heavy (non-hydrogen) atoms. The van der Waals surface area contributed by atoms with Gasteiger partial charge in [0.1, 0.15) is 11.5 Å². The third kappa shape index (κ3) is 6.50. The van der Waals surface area contributed by atoms with Crippen LogP contribution in [0.1, 0.15) is 39.2 Å². The van der Waals surface area contributed by atoms with E-state index in [1.165, 1.54) is 5.56 Å². The summed E-state index contributed by atoms with van der Waals surface area (Å²) in [5.41, 5.74) is 2.05. The van der Waals surface area contributed by atoms with E-state index in [2.05, 4.69) is 22.3 Å². The first-order valence-corrected chi connectivity index (χ1v) is 10.5. The summed E-state index contributed by atoms with van der Waals surface area (Å²) in [5, 5.41) is 3.06. The largest absolute Gasteiger partial charge is 0.494 e. The van der Waals surface area contributed by atoms with Crippen molar-refractivity contribution in [2.45, 2.75) is 46.3 Å². The summed E-state index contributed by atoms with van der Waals surface area (Å²) in [6.07, 6.45) is 1.86. The zero-order valence-corrected chi connectivity index (χ0v) is 17.7. The van der Waals surface area contributed by atoms with Gasteiger partial charge in [0.25, 0.3) is 0 Å². The summed E-state index contributed by atoms with van der Waals surface area (Å²) in [6.45, 7) is 9.40. The predicted octanol–water partition coefficient (Wildman–Crippen LogP) is 4.72. The van der Waals surface area contributed by atoms with Gasteiger partial charge in [-0.1, -0.05) is 18.2 Å². The van der Waals surface area contributed by atoms with Crippen LogP contribution in [0.5, 0.6) is 11.5 Å². The molecule has 156 valence electrons. The summed E-state index contributed by atoms with van der Waals surface area (Å²) in [4.78, 5) is 15.1. The van der Waals surface area contributed by atoms with Crippen LogP contribution >= 0.6 is 0 Å². The first kappa shape index (κ1) is 21.2. The molecule has 0 saturated carbocycles. The topological polar surface area (TPSA) is 50.8 Å². The van der Waals surface area contributed by atoms with E-state index in [9.17, 15) is 4.79 Å². The number of carbonyl (C=O) groups is 1. The van der Waals surface area contributed by atoms with Gasteiger partial charge in [0.15, 0.2) is 0 Å². The van der Waals surface area contributed by atoms with Crippen molar-refractivity contribution < 1.29 is 14.3 Å². The maximum atomic E-state index is 12.7. The molecule has 0 atom stereocenters. The summed E-state index contributed by atoms with van der Waals surface area (Å²) in [5.74, 6) is 1.85. The van der Waals surface area contributed by atoms with E-state index in [4.69, 9.17) is 9.47 Å². The summed E-state index contributed by atoms with van der Waals surface area (Å²) >= 11 is 0. The smallest absolute Gasteiger partial charge is 0.227 e. The number of piperidine rings is 1. The van der Waals surface area contributed by atoms with Crippen LogP contribution in [0.15, 0.2) is 48.5 Å². The average Bonchev–Trinajstić information content (AvgIpc) is 2.69. The van der Waals surface area contributed by atoms with Crippen LogP contribution in [0.3, 0.4) is 0 Å². The number of hydrogen-bond donors (Lipinski definition) is 1. The fourth-order valence-electron chi connectivity index (χ4n) is 3.68. The molecule has 5 heteroatoms. The van der Waals surface area contributed by atoms with E-state index >= 15 is 0 Å². The first-order chi connectivity index (χ1) is 14.0. The number of benzene rings is 2. The molecule has 1 N–H and O–H groups in total. The minimum Gasteiger partial charge on any atom is -0.494 e. The van der Waals surface area contributed by atoms with Gasteiger partial charge in [-0.15, -0.1) is 0 Å². The number of nitrogens with one attached hydrogen (secondary N) is 1. The number of amides is 1. The van der Waals surface area contributed by atoms with E-state index in [0.717, 1.165) is 49.7 Å². The number of hydrogen-bond acceptors (Lipinski definition) is 4. The molecule has 0 spiro atoms. The molecule has 1 fully saturated rings. The quantitative estimate of drug-likeness (QED) is 0.701. The SMILES string of the molecule is CCOc1cccc(CN2CCC(C(=O)Nc3cccc(OC(C)C)c3)CC2)c1. The van der Waals surface area contributed by atoms with Crippen LogP contribution in [0.25, 0.3) is 0 Å². The number of nitrogens with zero attached hydrogens (tertiary/aromatic N) is 1. The highest BCUT2D eigenvalue weighted by molar-refractivity contribution is 5.92. The molecule has 0 aromatic heterocycles. The molecule has 0 radical (unpaired) electrons. The van der Waals surface area contributed by atoms with Gasteiger partial charge in [0.05, 0.1) is 12.7 Å². The molecular formula is C24H32N2O3. The number of ether oxygens (including phenoxy) is 2. The van der Waals surface area contributed by atoms with Crippen LogP contribution < -0.4 is 14.8 Å². The summed E-state index contributed by atoms with van der Waals surface area (Å²) in [6, 6.07) is 15.9. The van der Waals surface area contributed by atoms with E-state index in [0.29, 0.717) is 6.61 Å². The van der Waals surface area contributed by atoms with Gasteiger partial charge in [0.2, 0.25) is 5.91 Å². The molecule has 2 aromatic rings. The average molecular weight is 397 g/mol. The van der Waals surface area contributed by atoms with E-state index in [1.54, 1.807) is 0 Å². The Balaban J connectivity index is 1.49. The molecule has 3 rings (SSSR count). The van der Waals surface area contributed by atoms with Gasteiger partial charge < -0.3 is 14.8 Å². The van der Waals surface area contributed by atoms with Gasteiger partial charge >= 0.3 is 0 Å². The Bertz CT molecular complexity index is 798. The zero-order chi connectivity index (χ0) is 20.6. The lowest BCUT2D eigenvalue weighted by atomic mass is 9.95. The zero-order valence-electron chi connectivity index (χ0n) is 17.7. The minimum absolute atomic E-state index is 0.0516. The Labute approximate surface area is 174 Å². The molecule has 1 saturated heterocycles. The van der Waals surface area contributed by atoms with Crippen LogP contribution in [-0.4, -0.2) is 36.6 Å². The number of carbonyl (C=O) groups excluding carboxylic acids is 1. The highest BCUT2D eigenvalue weighted by Gasteiger charge is 2.25. The van der Waals surface area contributed by atoms with E-state index in [-0.39, 0.29) is 17.9 Å². The Morgan fingerprint density at radius 2 is 1.83 bits per heavy atom. The maximum Gasteiger partial charge on any atom is 0.227 e. The molecule has 1 aliphatic heterocycles. The fourth-order valence-corrected chi connectivity index (χ4v) is 3.68. The highest BCUT2D eigenvalue weighted by atomic mass is 16.5. The van der Waals surface area contributed by atoms with E-state index < -0.39 is 0 Å². The lowest BCUT2D eigenvalue weighted by molar-refractivity contribution is -0.121. The van der Waals surface area contributed by atoms with Gasteiger partial charge in [-0.05, 0) is 76.5 Å². The maximum absolute atomic E-state index is 12.7. The van der Waals surface area contributed by atoms with Gasteiger partial charge in [-0.25, -0.2) is 0 Å². The molecule has 5 nitrogen and oxygen atoms in total. The van der Waals surface area contributed by atoms with Crippen molar-refractivity contribution in [3.63, 3.8) is 0 Å². The Hall–Kier alpha value is -2.53. The lowest BCUT2D eigenvalue weighted by Gasteiger charge is -2.31. The van der Waals surface area contributed by atoms with Crippen LogP contribution in [0.4, 0.5) is 5.69 Å². The fraction of sp³-hybridized carbons (Fsp3) is 0.458. The van der Waals surface area contributed by atoms with Crippen molar-refractivity contribution in [3.05, 3.63) is 54.1 Å². The molecular weight excluding hydrogens is 364 g/mol. The Kier molecular flexibility index (Phi) is 7.53. The lowest BCUT2D eigenvalue weighted by Crippen LogP contribution is -2.37. The van der Waals surface area contributed by atoms with Crippen LogP contribution in [0, 0.1) is 5.92 Å². The summed E-state index contributed by atoms with van der Waals surface area (Å²) in [7, 11) is 0. The van der Waals surface area contributed by atoms with Crippen molar-refractivity contribution in [1.29, 1.82) is 0 Å². The van der Waals surface area contributed by atoms with Gasteiger partial charge in [-0.3, -0.25) is 9.69 Å². The molecule has 2 aromatic carbocycles. The van der Waals surface area contributed by atoms with Crippen LogP contribution in [-0.2, 0) is 11.3 Å². The molecule has 1 amide bonds. The van der Waals surface area contributed by atoms with Crippen molar-refractivity contribution in [2.24, 2.45) is 5.92 Å². The third-order valence-electron chi connectivity index (χ3n) is 5.05. The Morgan fingerprint density at radius 1 is 1.10 bits per heavy atom. The molecule has 0 aliphatic carbocycles. The van der Waals surface area contributed by atoms with Crippen molar-refractivity contribution in [1.82, 2.24) is 4.90 Å². The predicted molar refractivity (Wildman–Crippen MR) is 116 cm³/mol. The van der Waals surface area contributed by atoms with Gasteiger partial charge in [-0.2, -0.15) is 0 Å². The number of likely N-dealkylation sites (tertiary alicyclic amines) is 1. The molecule has 1 heterocycles. The number of rotatable bonds is 8. The monoisotopic (exact) mass is 396 g/mol. The van der Waals surface area contributed by atoms with Crippen molar-refractivity contribution in [2.75, 3.05) is 25.0 Å². The second-order valence-electron chi connectivity index (χ2n) is 7.81. The highest BCUT2D eigenvalue weighted by Crippen LogP contribution is 2.24. The molecule has 1 aliphatic rings. The molecule has 0 bridgehead atoms. The second kappa shape index (κ2) is 10.3. The summed E-state index contributed by atoms with van der Waals surface area (Å²) < 4.78 is 11.3. The standard InChI is InChI=1S/C24H32N2O3/c1-4-28-22-9-5-7-19(15-22)17-26-13-11-20(12-14-26)24(27)25-21-8-6-10-23(16-21)29-18(2)3/h5-10,15-16,18,20H,4,11-14,17H2,1-3H3,(H,25,27). The van der Waals surface area contributed by atoms with Crippen LogP contribution in [0.2, 0.25) is 0 Å². The van der Waals surface area contributed by atoms with E-state index in [1.807, 2.05) is 57.2 Å². The Morgan fingerprint density at radius 3 is 2.55 bits per heavy atom. The van der Waals surface area contributed by atoms with Crippen molar-refractivity contribution >= 4 is 11.6 Å². The minimum atomic E-state index is 0.0516. The van der Waals surface area contributed by atoms with Crippen molar-refractivity contribution in [3.8, 4) is 11.5 Å². The van der Waals surface area contributed by atoms with Gasteiger partial charge in [0, 0.05) is 24.2 Å². The third-order valence-corrected chi connectivity index (χ3v) is 5.05. The number of anilines is 1.